The smallest absolute Gasteiger partial charge is 0.304 e. The van der Waals surface area contributed by atoms with Crippen molar-refractivity contribution in [2.45, 2.75) is 0 Å². The number of nitrogens with zero attached hydrogens (tertiary/aromatic N) is 1. The topological polar surface area (TPSA) is 44.4 Å². The van der Waals surface area contributed by atoms with Crippen molar-refractivity contribution >= 4 is 14.9 Å². The lowest BCUT2D eigenvalue weighted by Crippen LogP contribution is -2.28. The monoisotopic (exact) mass is 119 g/mol. The van der Waals surface area contributed by atoms with Crippen LogP contribution in [0.15, 0.2) is 0 Å². The first-order chi connectivity index (χ1) is 3.30. The number of urea groups is 1. The van der Waals surface area contributed by atoms with E-state index >= 15 is 0 Å². The lowest BCUT2D eigenvalue weighted by Gasteiger charge is -2.01. The van der Waals surface area contributed by atoms with Crippen molar-refractivity contribution in [1.29, 1.82) is 0 Å². The summed E-state index contributed by atoms with van der Waals surface area (Å²) in [6.45, 7) is 0. The molecule has 0 aliphatic carbocycles. The van der Waals surface area contributed by atoms with Crippen LogP contribution in [0.3, 0.4) is 0 Å². The van der Waals surface area contributed by atoms with E-state index in [1.807, 2.05) is 0 Å². The predicted octanol–water partition coefficient (Wildman–Crippen LogP) is -0.345. The molecule has 2 N–H and O–H groups in total. The Bertz CT molecular complexity index is 94.9. The molecule has 1 fully saturated rings. The lowest BCUT2D eigenvalue weighted by atomic mass is 11.0. The number of hydrogen-bond donors (Lipinski definition) is 2. The van der Waals surface area contributed by atoms with E-state index in [0.717, 1.165) is 0 Å². The van der Waals surface area contributed by atoms with Crippen molar-refractivity contribution in [3.8, 4) is 0 Å². The van der Waals surface area contributed by atoms with E-state index in [1.54, 1.807) is 7.05 Å². The molecule has 7 heavy (non-hydrogen) atoms. The van der Waals surface area contributed by atoms with Crippen LogP contribution in [0.5, 0.6) is 0 Å². The number of hydrogen-bond acceptors (Lipinski definition) is 2. The number of hydrazine groups is 1. The standard InChI is InChI=1S/C2H6N3OP/c1-5-2(6)3-7-4-5/h4,7H,1H3,(H,3,6). The molecule has 0 aromatic heterocycles. The zero-order valence-electron chi connectivity index (χ0n) is 3.86. The molecule has 1 unspecified atom stereocenters. The second-order valence-electron chi connectivity index (χ2n) is 1.23. The molecule has 1 aliphatic heterocycles. The summed E-state index contributed by atoms with van der Waals surface area (Å²) in [6.07, 6.45) is 0. The Labute approximate surface area is 43.1 Å². The van der Waals surface area contributed by atoms with Crippen LogP contribution in [0.4, 0.5) is 4.79 Å². The second-order valence-corrected chi connectivity index (χ2v) is 1.95. The Balaban J connectivity index is 2.48. The van der Waals surface area contributed by atoms with Gasteiger partial charge in [0.2, 0.25) is 0 Å². The minimum Gasteiger partial charge on any atom is -0.304 e. The number of nitrogens with one attached hydrogen (secondary N) is 2. The van der Waals surface area contributed by atoms with E-state index in [1.165, 1.54) is 5.01 Å². The fraction of sp³-hybridized carbons (Fsp3) is 0.500. The third-order valence-corrected chi connectivity index (χ3v) is 1.48. The van der Waals surface area contributed by atoms with Crippen LogP contribution in [0.25, 0.3) is 0 Å². The summed E-state index contributed by atoms with van der Waals surface area (Å²) < 4.78 is 0. The van der Waals surface area contributed by atoms with Crippen LogP contribution in [0.2, 0.25) is 0 Å². The van der Waals surface area contributed by atoms with Crippen molar-refractivity contribution in [3.63, 3.8) is 0 Å². The minimum atomic E-state index is -0.0571. The van der Waals surface area contributed by atoms with Gasteiger partial charge < -0.3 is 5.09 Å². The third kappa shape index (κ3) is 0.813. The zero-order valence-corrected chi connectivity index (χ0v) is 4.86. The first-order valence-electron chi connectivity index (χ1n) is 1.85. The molecule has 0 spiro atoms. The highest BCUT2D eigenvalue weighted by Crippen LogP contribution is 2.04. The summed E-state index contributed by atoms with van der Waals surface area (Å²) in [5, 5.41) is 6.76. The summed E-state index contributed by atoms with van der Waals surface area (Å²) >= 11 is 0. The van der Waals surface area contributed by atoms with Gasteiger partial charge in [0.1, 0.15) is 0 Å². The largest absolute Gasteiger partial charge is 0.335 e. The van der Waals surface area contributed by atoms with Crippen molar-refractivity contribution in [2.75, 3.05) is 7.05 Å². The highest BCUT2D eigenvalue weighted by atomic mass is 31.1. The average molecular weight is 119 g/mol. The predicted molar refractivity (Wildman–Crippen MR) is 27.7 cm³/mol. The number of rotatable bonds is 0. The van der Waals surface area contributed by atoms with Gasteiger partial charge in [0.15, 0.2) is 0 Å². The van der Waals surface area contributed by atoms with Crippen molar-refractivity contribution in [1.82, 2.24) is 15.3 Å². The Morgan fingerprint density at radius 3 is 2.71 bits per heavy atom. The molecule has 5 heteroatoms. The van der Waals surface area contributed by atoms with Crippen LogP contribution in [0.1, 0.15) is 0 Å². The molecule has 1 aliphatic rings. The van der Waals surface area contributed by atoms with Crippen LogP contribution < -0.4 is 10.3 Å². The molecule has 0 radical (unpaired) electrons. The Morgan fingerprint density at radius 2 is 2.57 bits per heavy atom. The minimum absolute atomic E-state index is 0.0571. The Morgan fingerprint density at radius 1 is 1.86 bits per heavy atom. The van der Waals surface area contributed by atoms with E-state index in [-0.39, 0.29) is 6.03 Å². The summed E-state index contributed by atoms with van der Waals surface area (Å²) in [7, 11) is 2.02. The van der Waals surface area contributed by atoms with Gasteiger partial charge in [-0.1, -0.05) is 0 Å². The van der Waals surface area contributed by atoms with Gasteiger partial charge in [-0.2, -0.15) is 5.20 Å². The van der Waals surface area contributed by atoms with Gasteiger partial charge in [0.25, 0.3) is 0 Å². The second kappa shape index (κ2) is 1.64. The maximum Gasteiger partial charge on any atom is 0.335 e. The maximum atomic E-state index is 10.3. The highest BCUT2D eigenvalue weighted by Gasteiger charge is 2.12. The molecular formula is C2H6N3OP. The number of amides is 2. The van der Waals surface area contributed by atoms with Crippen molar-refractivity contribution in [3.05, 3.63) is 0 Å². The van der Waals surface area contributed by atoms with Crippen LogP contribution in [-0.4, -0.2) is 18.1 Å². The van der Waals surface area contributed by atoms with E-state index in [2.05, 4.69) is 10.3 Å². The van der Waals surface area contributed by atoms with Gasteiger partial charge in [0.05, 0.1) is 8.88 Å². The average Bonchev–Trinajstić information content (AvgIpc) is 1.91. The van der Waals surface area contributed by atoms with Crippen LogP contribution in [0, 0.1) is 0 Å². The first kappa shape index (κ1) is 4.81. The zero-order chi connectivity index (χ0) is 5.28. The van der Waals surface area contributed by atoms with Gasteiger partial charge in [-0.25, -0.2) is 4.79 Å². The molecule has 0 saturated carbocycles. The molecular weight excluding hydrogens is 113 g/mol. The van der Waals surface area contributed by atoms with Crippen molar-refractivity contribution < 1.29 is 4.79 Å². The van der Waals surface area contributed by atoms with E-state index in [0.29, 0.717) is 8.88 Å². The van der Waals surface area contributed by atoms with E-state index in [4.69, 9.17) is 0 Å². The van der Waals surface area contributed by atoms with Crippen LogP contribution in [-0.2, 0) is 0 Å². The molecule has 1 atom stereocenters. The highest BCUT2D eigenvalue weighted by molar-refractivity contribution is 7.34. The van der Waals surface area contributed by atoms with Crippen molar-refractivity contribution in [2.24, 2.45) is 0 Å². The van der Waals surface area contributed by atoms with Gasteiger partial charge in [-0.05, 0) is 0 Å². The molecule has 1 heterocycles. The summed E-state index contributed by atoms with van der Waals surface area (Å²) in [5.74, 6) is 0. The lowest BCUT2D eigenvalue weighted by molar-refractivity contribution is 0.216. The van der Waals surface area contributed by atoms with E-state index in [9.17, 15) is 4.79 Å². The Kier molecular flexibility index (Phi) is 1.13. The normalized spacial score (nSPS) is 23.6. The summed E-state index contributed by atoms with van der Waals surface area (Å²) in [5.41, 5.74) is 0. The molecule has 2 amide bonds. The first-order valence-corrected chi connectivity index (χ1v) is 2.85. The van der Waals surface area contributed by atoms with Gasteiger partial charge in [0, 0.05) is 7.05 Å². The fourth-order valence-corrected chi connectivity index (χ4v) is 0.900. The molecule has 1 saturated heterocycles. The van der Waals surface area contributed by atoms with Gasteiger partial charge in [-0.15, -0.1) is 0 Å². The fourth-order valence-electron chi connectivity index (χ4n) is 0.300. The SMILES string of the molecule is CN1NPNC1=O. The molecule has 0 aromatic rings. The number of carbonyl (C=O) groups excluding carboxylic acids is 1. The number of carbonyl (C=O) groups is 1. The quantitative estimate of drug-likeness (QED) is 0.428. The molecule has 0 bridgehead atoms. The molecule has 4 nitrogen and oxygen atoms in total. The van der Waals surface area contributed by atoms with Gasteiger partial charge in [-0.3, -0.25) is 5.01 Å². The molecule has 40 valence electrons. The Hall–Kier alpha value is -0.340. The third-order valence-electron chi connectivity index (χ3n) is 0.698. The molecule has 1 rings (SSSR count). The van der Waals surface area contributed by atoms with E-state index < -0.39 is 0 Å². The summed E-state index contributed by atoms with van der Waals surface area (Å²) in [6, 6.07) is -0.0571. The summed E-state index contributed by atoms with van der Waals surface area (Å²) in [4.78, 5) is 10.3. The van der Waals surface area contributed by atoms with Gasteiger partial charge >= 0.3 is 6.03 Å². The molecule has 0 aromatic carbocycles. The maximum absolute atomic E-state index is 10.3. The van der Waals surface area contributed by atoms with Crippen LogP contribution >= 0.6 is 8.88 Å².